The molecule has 0 unspecified atom stereocenters. The van der Waals surface area contributed by atoms with E-state index in [0.717, 1.165) is 16.9 Å². The lowest BCUT2D eigenvalue weighted by molar-refractivity contribution is 0.306. The first-order valence-corrected chi connectivity index (χ1v) is 6.95. The van der Waals surface area contributed by atoms with Gasteiger partial charge in [-0.05, 0) is 35.4 Å². The monoisotopic (exact) mass is 309 g/mol. The predicted octanol–water partition coefficient (Wildman–Crippen LogP) is 2.13. The van der Waals surface area contributed by atoms with Crippen molar-refractivity contribution in [1.29, 1.82) is 0 Å². The minimum absolute atomic E-state index is 0.000904. The summed E-state index contributed by atoms with van der Waals surface area (Å²) in [5.41, 5.74) is 18.8. The summed E-state index contributed by atoms with van der Waals surface area (Å²) in [6.45, 7) is 4.21. The average Bonchev–Trinajstić information content (AvgIpc) is 2.54. The maximum atomic E-state index is 5.72. The molecule has 23 heavy (non-hydrogen) atoms. The first-order chi connectivity index (χ1) is 11.1. The van der Waals surface area contributed by atoms with Crippen molar-refractivity contribution in [2.45, 2.75) is 6.61 Å². The van der Waals surface area contributed by atoms with E-state index < -0.39 is 0 Å². The Bertz CT molecular complexity index is 714. The van der Waals surface area contributed by atoms with Crippen LogP contribution in [0.25, 0.3) is 6.08 Å². The van der Waals surface area contributed by atoms with Crippen LogP contribution in [0.15, 0.2) is 65.1 Å². The number of hydrogen-bond donors (Lipinski definition) is 3. The average molecular weight is 309 g/mol. The van der Waals surface area contributed by atoms with Crippen molar-refractivity contribution >= 4 is 23.7 Å². The molecule has 0 amide bonds. The lowest BCUT2D eigenvalue weighted by Gasteiger charge is -2.07. The van der Waals surface area contributed by atoms with E-state index in [4.69, 9.17) is 21.9 Å². The van der Waals surface area contributed by atoms with E-state index in [1.807, 2.05) is 24.3 Å². The molecule has 0 aliphatic rings. The van der Waals surface area contributed by atoms with Crippen LogP contribution in [0.5, 0.6) is 5.75 Å². The second-order valence-electron chi connectivity index (χ2n) is 4.73. The van der Waals surface area contributed by atoms with Gasteiger partial charge in [-0.15, -0.1) is 0 Å². The fourth-order valence-corrected chi connectivity index (χ4v) is 1.82. The van der Waals surface area contributed by atoms with Crippen molar-refractivity contribution in [2.75, 3.05) is 0 Å². The molecular formula is C17H19N5O. The van der Waals surface area contributed by atoms with Crippen LogP contribution >= 0.6 is 0 Å². The van der Waals surface area contributed by atoms with Gasteiger partial charge in [0.05, 0.1) is 5.69 Å². The van der Waals surface area contributed by atoms with E-state index in [1.54, 1.807) is 30.3 Å². The molecule has 2 aromatic rings. The number of benzene rings is 2. The van der Waals surface area contributed by atoms with Crippen LogP contribution in [0.3, 0.4) is 0 Å². The maximum Gasteiger partial charge on any atom is 0.223 e. The summed E-state index contributed by atoms with van der Waals surface area (Å²) in [7, 11) is 0. The molecule has 0 aliphatic heterocycles. The second kappa shape index (κ2) is 7.65. The van der Waals surface area contributed by atoms with Crippen molar-refractivity contribution in [1.82, 2.24) is 0 Å². The van der Waals surface area contributed by atoms with E-state index in [2.05, 4.69) is 16.6 Å². The number of aliphatic imine (C=N–C) groups is 2. The minimum Gasteiger partial charge on any atom is -0.489 e. The SMILES string of the molecule is C=Cc1ccc(COc2ccc(N=C(N)N=C(N)N)cc2)cc1. The number of guanidine groups is 2. The van der Waals surface area contributed by atoms with Gasteiger partial charge < -0.3 is 21.9 Å². The van der Waals surface area contributed by atoms with Gasteiger partial charge in [0, 0.05) is 0 Å². The van der Waals surface area contributed by atoms with Crippen LogP contribution in [0.4, 0.5) is 5.69 Å². The van der Waals surface area contributed by atoms with E-state index in [1.165, 1.54) is 0 Å². The molecule has 0 bridgehead atoms. The molecule has 0 heterocycles. The molecule has 6 heteroatoms. The number of nitrogens with zero attached hydrogens (tertiary/aromatic N) is 2. The molecule has 2 aromatic carbocycles. The fraction of sp³-hybridized carbons (Fsp3) is 0.0588. The normalized spacial score (nSPS) is 10.9. The topological polar surface area (TPSA) is 112 Å². The van der Waals surface area contributed by atoms with Crippen LogP contribution in [0, 0.1) is 0 Å². The van der Waals surface area contributed by atoms with Crippen molar-refractivity contribution in [2.24, 2.45) is 27.2 Å². The van der Waals surface area contributed by atoms with Crippen LogP contribution in [0.2, 0.25) is 0 Å². The zero-order chi connectivity index (χ0) is 16.7. The Labute approximate surface area is 135 Å². The Morgan fingerprint density at radius 3 is 2.22 bits per heavy atom. The third-order valence-corrected chi connectivity index (χ3v) is 2.94. The first-order valence-electron chi connectivity index (χ1n) is 6.95. The molecule has 6 N–H and O–H groups in total. The Kier molecular flexibility index (Phi) is 5.35. The first kappa shape index (κ1) is 16.1. The molecule has 0 fully saturated rings. The van der Waals surface area contributed by atoms with Gasteiger partial charge in [0.2, 0.25) is 5.96 Å². The number of ether oxygens (including phenoxy) is 1. The van der Waals surface area contributed by atoms with Crippen molar-refractivity contribution < 1.29 is 4.74 Å². The van der Waals surface area contributed by atoms with Gasteiger partial charge >= 0.3 is 0 Å². The Morgan fingerprint density at radius 2 is 1.65 bits per heavy atom. The highest BCUT2D eigenvalue weighted by atomic mass is 16.5. The van der Waals surface area contributed by atoms with E-state index >= 15 is 0 Å². The standard InChI is InChI=1S/C17H19N5O/c1-2-12-3-5-13(6-4-12)11-23-15-9-7-14(8-10-15)21-17(20)22-16(18)19/h2-10H,1,11H2,(H6,18,19,20,21,22). The zero-order valence-corrected chi connectivity index (χ0v) is 12.6. The minimum atomic E-state index is -0.131. The smallest absolute Gasteiger partial charge is 0.223 e. The highest BCUT2D eigenvalue weighted by Gasteiger charge is 1.98. The van der Waals surface area contributed by atoms with Gasteiger partial charge in [-0.2, -0.15) is 4.99 Å². The summed E-state index contributed by atoms with van der Waals surface area (Å²) in [6.07, 6.45) is 1.80. The molecule has 0 saturated heterocycles. The number of rotatable bonds is 5. The van der Waals surface area contributed by atoms with Gasteiger partial charge in [-0.3, -0.25) is 0 Å². The van der Waals surface area contributed by atoms with Crippen LogP contribution < -0.4 is 21.9 Å². The number of hydrogen-bond acceptors (Lipinski definition) is 2. The quantitative estimate of drug-likeness (QED) is 0.580. The van der Waals surface area contributed by atoms with Gasteiger partial charge in [0.1, 0.15) is 12.4 Å². The molecule has 0 saturated carbocycles. The van der Waals surface area contributed by atoms with Crippen LogP contribution in [0.1, 0.15) is 11.1 Å². The van der Waals surface area contributed by atoms with Crippen molar-refractivity contribution in [3.05, 3.63) is 66.2 Å². The largest absolute Gasteiger partial charge is 0.489 e. The van der Waals surface area contributed by atoms with Gasteiger partial charge in [-0.25, -0.2) is 4.99 Å². The molecule has 0 aliphatic carbocycles. The molecule has 0 atom stereocenters. The Hall–Kier alpha value is -3.28. The van der Waals surface area contributed by atoms with Crippen LogP contribution in [-0.4, -0.2) is 11.9 Å². The molecule has 118 valence electrons. The molecule has 0 spiro atoms. The summed E-state index contributed by atoms with van der Waals surface area (Å²) in [5, 5.41) is 0. The molecule has 2 rings (SSSR count). The fourth-order valence-electron chi connectivity index (χ4n) is 1.82. The lowest BCUT2D eigenvalue weighted by Crippen LogP contribution is -2.26. The molecular weight excluding hydrogens is 290 g/mol. The van der Waals surface area contributed by atoms with Crippen LogP contribution in [-0.2, 0) is 6.61 Å². The third-order valence-electron chi connectivity index (χ3n) is 2.94. The zero-order valence-electron chi connectivity index (χ0n) is 12.6. The Morgan fingerprint density at radius 1 is 1.00 bits per heavy atom. The summed E-state index contributed by atoms with van der Waals surface area (Å²) in [5.74, 6) is 0.604. The summed E-state index contributed by atoms with van der Waals surface area (Å²) in [4.78, 5) is 7.71. The van der Waals surface area contributed by atoms with E-state index in [9.17, 15) is 0 Å². The number of nitrogens with two attached hydrogens (primary N) is 3. The molecule has 0 radical (unpaired) electrons. The van der Waals surface area contributed by atoms with E-state index in [0.29, 0.717) is 12.3 Å². The molecule has 0 aromatic heterocycles. The summed E-state index contributed by atoms with van der Waals surface area (Å²) in [6, 6.07) is 15.2. The third kappa shape index (κ3) is 5.20. The lowest BCUT2D eigenvalue weighted by atomic mass is 10.1. The van der Waals surface area contributed by atoms with Gasteiger partial charge in [0.15, 0.2) is 5.96 Å². The van der Waals surface area contributed by atoms with Gasteiger partial charge in [-0.1, -0.05) is 36.9 Å². The maximum absolute atomic E-state index is 5.72. The molecule has 6 nitrogen and oxygen atoms in total. The van der Waals surface area contributed by atoms with Crippen molar-refractivity contribution in [3.8, 4) is 5.75 Å². The Balaban J connectivity index is 1.97. The predicted molar refractivity (Wildman–Crippen MR) is 94.4 cm³/mol. The van der Waals surface area contributed by atoms with E-state index in [-0.39, 0.29) is 11.9 Å². The highest BCUT2D eigenvalue weighted by molar-refractivity contribution is 5.93. The summed E-state index contributed by atoms with van der Waals surface area (Å²) >= 11 is 0. The highest BCUT2D eigenvalue weighted by Crippen LogP contribution is 2.19. The second-order valence-corrected chi connectivity index (χ2v) is 4.73. The van der Waals surface area contributed by atoms with Gasteiger partial charge in [0.25, 0.3) is 0 Å². The van der Waals surface area contributed by atoms with Crippen molar-refractivity contribution in [3.63, 3.8) is 0 Å². The summed E-state index contributed by atoms with van der Waals surface area (Å²) < 4.78 is 5.72.